The number of amidine groups is 1. The topological polar surface area (TPSA) is 99.8 Å². The van der Waals surface area contributed by atoms with Gasteiger partial charge in [0.1, 0.15) is 11.5 Å². The number of benzene rings is 2. The first kappa shape index (κ1) is 19.2. The van der Waals surface area contributed by atoms with Gasteiger partial charge in [0.15, 0.2) is 5.84 Å². The number of sulfonamides is 1. The summed E-state index contributed by atoms with van der Waals surface area (Å²) in [6.45, 7) is 1.10. The minimum absolute atomic E-state index is 0.100. The van der Waals surface area contributed by atoms with Gasteiger partial charge >= 0.3 is 5.97 Å². The molecular weight excluding hydrogens is 390 g/mol. The van der Waals surface area contributed by atoms with Crippen molar-refractivity contribution in [2.75, 3.05) is 13.1 Å². The third kappa shape index (κ3) is 3.87. The van der Waals surface area contributed by atoms with Crippen LogP contribution in [0.3, 0.4) is 0 Å². The van der Waals surface area contributed by atoms with Gasteiger partial charge in [-0.3, -0.25) is 4.79 Å². The Morgan fingerprint density at radius 1 is 1.24 bits per heavy atom. The Bertz CT molecular complexity index is 1130. The van der Waals surface area contributed by atoms with E-state index in [1.165, 1.54) is 0 Å². The summed E-state index contributed by atoms with van der Waals surface area (Å²) in [6.07, 6.45) is 1.42. The van der Waals surface area contributed by atoms with E-state index in [2.05, 4.69) is 10.5 Å². The van der Waals surface area contributed by atoms with E-state index in [1.54, 1.807) is 48.5 Å². The number of likely N-dealkylation sites (tertiary alicyclic amines) is 1. The molecule has 8 heteroatoms. The van der Waals surface area contributed by atoms with Crippen molar-refractivity contribution in [2.24, 2.45) is 10.3 Å². The maximum Gasteiger partial charge on any atom is 0.311 e. The molecule has 29 heavy (non-hydrogen) atoms. The summed E-state index contributed by atoms with van der Waals surface area (Å²) in [5.41, 5.74) is 1.85. The number of hydrogen-bond acceptors (Lipinski definition) is 6. The molecule has 2 aliphatic rings. The molecule has 0 aliphatic carbocycles. The highest BCUT2D eigenvalue weighted by molar-refractivity contribution is 7.90. The van der Waals surface area contributed by atoms with Crippen molar-refractivity contribution in [2.45, 2.75) is 24.3 Å². The fourth-order valence-corrected chi connectivity index (χ4v) is 4.91. The number of fused-ring (bicyclic) bond motifs is 1. The smallest absolute Gasteiger partial charge is 0.311 e. The summed E-state index contributed by atoms with van der Waals surface area (Å²) in [4.78, 5) is 14.6. The second-order valence-electron chi connectivity index (χ2n) is 7.09. The molecule has 7 nitrogen and oxygen atoms in total. The van der Waals surface area contributed by atoms with Crippen LogP contribution in [0.5, 0.6) is 0 Å². The van der Waals surface area contributed by atoms with Crippen molar-refractivity contribution >= 4 is 21.8 Å². The fourth-order valence-electron chi connectivity index (χ4n) is 3.68. The van der Waals surface area contributed by atoms with Crippen LogP contribution in [0.4, 0.5) is 0 Å². The summed E-state index contributed by atoms with van der Waals surface area (Å²) >= 11 is 0. The molecule has 0 saturated carbocycles. The van der Waals surface area contributed by atoms with Crippen LogP contribution in [0.15, 0.2) is 57.8 Å². The Morgan fingerprint density at radius 3 is 2.90 bits per heavy atom. The van der Waals surface area contributed by atoms with Gasteiger partial charge in [-0.1, -0.05) is 24.3 Å². The average molecular weight is 409 g/mol. The number of ether oxygens (including phenoxy) is 1. The maximum absolute atomic E-state index is 12.6. The summed E-state index contributed by atoms with van der Waals surface area (Å²) < 4.78 is 34.0. The van der Waals surface area contributed by atoms with Gasteiger partial charge < -0.3 is 9.64 Å². The lowest BCUT2D eigenvalue weighted by atomic mass is 9.97. The second kappa shape index (κ2) is 7.68. The van der Waals surface area contributed by atoms with Crippen molar-refractivity contribution in [3.05, 3.63) is 65.2 Å². The largest absolute Gasteiger partial charge is 0.461 e. The monoisotopic (exact) mass is 409 g/mol. The summed E-state index contributed by atoms with van der Waals surface area (Å²) in [5.74, 6) is -0.285. The van der Waals surface area contributed by atoms with Gasteiger partial charge in [0.05, 0.1) is 17.6 Å². The number of nitrogens with zero attached hydrogens (tertiary/aromatic N) is 3. The molecule has 0 radical (unpaired) electrons. The minimum atomic E-state index is -3.69. The molecule has 2 aromatic carbocycles. The Labute approximate surface area is 169 Å². The molecule has 4 rings (SSSR count). The molecular formula is C21H19N3O4S. The molecule has 0 spiro atoms. The lowest BCUT2D eigenvalue weighted by Crippen LogP contribution is -2.42. The van der Waals surface area contributed by atoms with Crippen LogP contribution in [0.2, 0.25) is 0 Å². The number of nitriles is 1. The number of piperidine rings is 1. The van der Waals surface area contributed by atoms with Gasteiger partial charge in [0.2, 0.25) is 0 Å². The quantitative estimate of drug-likeness (QED) is 0.722. The van der Waals surface area contributed by atoms with Crippen LogP contribution in [-0.2, 0) is 26.2 Å². The Balaban J connectivity index is 1.45. The van der Waals surface area contributed by atoms with Crippen LogP contribution in [-0.4, -0.2) is 38.2 Å². The van der Waals surface area contributed by atoms with E-state index in [9.17, 15) is 13.2 Å². The molecule has 0 unspecified atom stereocenters. The predicted octanol–water partition coefficient (Wildman–Crippen LogP) is 2.46. The highest BCUT2D eigenvalue weighted by Crippen LogP contribution is 2.30. The van der Waals surface area contributed by atoms with Gasteiger partial charge in [0.25, 0.3) is 10.0 Å². The maximum atomic E-state index is 12.6. The van der Waals surface area contributed by atoms with Crippen molar-refractivity contribution in [1.82, 2.24) is 4.90 Å². The number of rotatable bonds is 3. The van der Waals surface area contributed by atoms with Crippen LogP contribution >= 0.6 is 0 Å². The molecule has 0 aromatic heterocycles. The van der Waals surface area contributed by atoms with Crippen molar-refractivity contribution < 1.29 is 17.9 Å². The van der Waals surface area contributed by atoms with Gasteiger partial charge in [-0.25, -0.2) is 0 Å². The molecule has 1 fully saturated rings. The van der Waals surface area contributed by atoms with E-state index >= 15 is 0 Å². The standard InChI is InChI=1S/C21H19N3O4S/c22-12-15-5-3-6-16(11-15)14-28-21(25)17-7-4-10-24(13-17)20-18-8-1-2-9-19(18)29(26,27)23-20/h1-3,5-6,8-9,11,17H,4,7,10,13-14H2/t17-/m1/s1. The molecule has 1 atom stereocenters. The summed E-state index contributed by atoms with van der Waals surface area (Å²) in [6, 6.07) is 15.7. The highest BCUT2D eigenvalue weighted by atomic mass is 32.2. The van der Waals surface area contributed by atoms with Gasteiger partial charge in [-0.2, -0.15) is 13.7 Å². The van der Waals surface area contributed by atoms with Crippen molar-refractivity contribution in [3.63, 3.8) is 0 Å². The Kier molecular flexibility index (Phi) is 5.07. The Morgan fingerprint density at radius 2 is 2.07 bits per heavy atom. The number of esters is 1. The zero-order valence-corrected chi connectivity index (χ0v) is 16.4. The van der Waals surface area contributed by atoms with E-state index in [0.29, 0.717) is 36.5 Å². The molecule has 1 saturated heterocycles. The molecule has 2 aliphatic heterocycles. The van der Waals surface area contributed by atoms with E-state index in [4.69, 9.17) is 10.00 Å². The van der Waals surface area contributed by atoms with Gasteiger partial charge in [-0.05, 0) is 42.7 Å². The summed E-state index contributed by atoms with van der Waals surface area (Å²) in [5, 5.41) is 8.97. The molecule has 0 bridgehead atoms. The average Bonchev–Trinajstić information content (AvgIpc) is 3.03. The third-order valence-corrected chi connectivity index (χ3v) is 6.43. The fraction of sp³-hybridized carbons (Fsp3) is 0.286. The summed E-state index contributed by atoms with van der Waals surface area (Å²) in [7, 11) is -3.69. The first-order valence-electron chi connectivity index (χ1n) is 9.33. The van der Waals surface area contributed by atoms with Crippen LogP contribution in [0.1, 0.15) is 29.5 Å². The van der Waals surface area contributed by atoms with E-state index in [0.717, 1.165) is 12.0 Å². The van der Waals surface area contributed by atoms with E-state index in [-0.39, 0.29) is 23.4 Å². The molecule has 148 valence electrons. The van der Waals surface area contributed by atoms with Crippen LogP contribution in [0.25, 0.3) is 0 Å². The SMILES string of the molecule is N#Cc1cccc(COC(=O)[C@@H]2CCCN(C3=NS(=O)(=O)c4ccccc43)C2)c1. The van der Waals surface area contributed by atoms with Crippen molar-refractivity contribution in [3.8, 4) is 6.07 Å². The lowest BCUT2D eigenvalue weighted by Gasteiger charge is -2.32. The number of carbonyl (C=O) groups is 1. The van der Waals surface area contributed by atoms with E-state index < -0.39 is 10.0 Å². The molecule has 2 heterocycles. The third-order valence-electron chi connectivity index (χ3n) is 5.10. The molecule has 2 aromatic rings. The zero-order valence-electron chi connectivity index (χ0n) is 15.6. The van der Waals surface area contributed by atoms with Crippen LogP contribution in [0, 0.1) is 17.2 Å². The van der Waals surface area contributed by atoms with E-state index in [1.807, 2.05) is 4.90 Å². The first-order chi connectivity index (χ1) is 14.0. The zero-order chi connectivity index (χ0) is 20.4. The van der Waals surface area contributed by atoms with Gasteiger partial charge in [-0.15, -0.1) is 4.40 Å². The number of hydrogen-bond donors (Lipinski definition) is 0. The van der Waals surface area contributed by atoms with Crippen molar-refractivity contribution in [1.29, 1.82) is 5.26 Å². The first-order valence-corrected chi connectivity index (χ1v) is 10.8. The molecule has 0 amide bonds. The normalized spacial score (nSPS) is 19.8. The lowest BCUT2D eigenvalue weighted by molar-refractivity contribution is -0.151. The molecule has 0 N–H and O–H groups in total. The van der Waals surface area contributed by atoms with Gasteiger partial charge in [0, 0.05) is 18.7 Å². The second-order valence-corrected chi connectivity index (χ2v) is 8.66. The minimum Gasteiger partial charge on any atom is -0.461 e. The number of carbonyl (C=O) groups excluding carboxylic acids is 1. The predicted molar refractivity (Wildman–Crippen MR) is 105 cm³/mol. The van der Waals surface area contributed by atoms with Crippen LogP contribution < -0.4 is 0 Å². The highest BCUT2D eigenvalue weighted by Gasteiger charge is 2.35. The Hall–Kier alpha value is -3.18.